The summed E-state index contributed by atoms with van der Waals surface area (Å²) in [5, 5.41) is 9.08. The summed E-state index contributed by atoms with van der Waals surface area (Å²) in [6.07, 6.45) is 1.72. The fourth-order valence-electron chi connectivity index (χ4n) is 2.35. The number of carbonyl (C=O) groups is 1. The van der Waals surface area contributed by atoms with Crippen LogP contribution in [0.2, 0.25) is 0 Å². The van der Waals surface area contributed by atoms with Gasteiger partial charge in [-0.3, -0.25) is 9.36 Å². The van der Waals surface area contributed by atoms with Crippen LogP contribution in [0.3, 0.4) is 0 Å². The Balaban J connectivity index is 1.87. The second kappa shape index (κ2) is 7.52. The van der Waals surface area contributed by atoms with Crippen LogP contribution in [0.25, 0.3) is 11.6 Å². The van der Waals surface area contributed by atoms with E-state index in [9.17, 15) is 9.18 Å². The van der Waals surface area contributed by atoms with Gasteiger partial charge in [-0.05, 0) is 36.8 Å². The average Bonchev–Trinajstić information content (AvgIpc) is 3.23. The topological polar surface area (TPSA) is 86.9 Å². The number of rotatable bonds is 7. The summed E-state index contributed by atoms with van der Waals surface area (Å²) in [6.45, 7) is 2.36. The Morgan fingerprint density at radius 2 is 2.08 bits per heavy atom. The molecule has 0 aliphatic carbocycles. The van der Waals surface area contributed by atoms with E-state index in [1.165, 1.54) is 23.9 Å². The number of hydrogen-bond acceptors (Lipinski definition) is 5. The molecule has 8 heteroatoms. The first-order chi connectivity index (χ1) is 12.0. The molecule has 6 nitrogen and oxygen atoms in total. The average molecular weight is 360 g/mol. The number of furan rings is 1. The molecule has 3 rings (SSSR count). The number of thioether (sulfide) groups is 1. The van der Waals surface area contributed by atoms with Crippen molar-refractivity contribution < 1.29 is 13.6 Å². The zero-order valence-corrected chi connectivity index (χ0v) is 14.4. The Morgan fingerprint density at radius 1 is 1.32 bits per heavy atom. The zero-order valence-electron chi connectivity index (χ0n) is 13.6. The number of nitrogens with zero attached hydrogens (tertiary/aromatic N) is 3. The third-order valence-corrected chi connectivity index (χ3v) is 4.80. The smallest absolute Gasteiger partial charge is 0.219 e. The van der Waals surface area contributed by atoms with Gasteiger partial charge in [0.05, 0.1) is 6.26 Å². The molecule has 0 spiro atoms. The summed E-state index contributed by atoms with van der Waals surface area (Å²) in [5.41, 5.74) is 6.24. The molecule has 1 unspecified atom stereocenters. The third-order valence-electron chi connectivity index (χ3n) is 3.66. The molecule has 25 heavy (non-hydrogen) atoms. The SMILES string of the molecule is CC(Sc1nnc(-c2ccco2)n1CCC(N)=O)c1ccc(F)cc1. The van der Waals surface area contributed by atoms with E-state index in [2.05, 4.69) is 10.2 Å². The van der Waals surface area contributed by atoms with Crippen molar-refractivity contribution in [2.24, 2.45) is 5.73 Å². The highest BCUT2D eigenvalue weighted by atomic mass is 32.2. The zero-order chi connectivity index (χ0) is 17.8. The minimum atomic E-state index is -0.401. The largest absolute Gasteiger partial charge is 0.461 e. The Hall–Kier alpha value is -2.61. The van der Waals surface area contributed by atoms with Gasteiger partial charge >= 0.3 is 0 Å². The van der Waals surface area contributed by atoms with Gasteiger partial charge in [0.2, 0.25) is 5.91 Å². The molecule has 0 bridgehead atoms. The van der Waals surface area contributed by atoms with Gasteiger partial charge in [0, 0.05) is 18.2 Å². The second-order valence-electron chi connectivity index (χ2n) is 5.46. The molecule has 2 N–H and O–H groups in total. The molecule has 130 valence electrons. The van der Waals surface area contributed by atoms with E-state index in [-0.39, 0.29) is 17.5 Å². The lowest BCUT2D eigenvalue weighted by molar-refractivity contribution is -0.118. The van der Waals surface area contributed by atoms with Gasteiger partial charge in [-0.25, -0.2) is 4.39 Å². The van der Waals surface area contributed by atoms with E-state index in [1.807, 2.05) is 11.5 Å². The molecule has 1 aromatic carbocycles. The van der Waals surface area contributed by atoms with E-state index in [0.717, 1.165) is 5.56 Å². The van der Waals surface area contributed by atoms with Gasteiger partial charge in [-0.2, -0.15) is 0 Å². The van der Waals surface area contributed by atoms with Crippen LogP contribution in [0.1, 0.15) is 24.2 Å². The van der Waals surface area contributed by atoms with Gasteiger partial charge in [-0.15, -0.1) is 10.2 Å². The highest BCUT2D eigenvalue weighted by Gasteiger charge is 2.19. The first-order valence-electron chi connectivity index (χ1n) is 7.72. The van der Waals surface area contributed by atoms with Crippen LogP contribution in [-0.2, 0) is 11.3 Å². The highest BCUT2D eigenvalue weighted by molar-refractivity contribution is 7.99. The summed E-state index contributed by atoms with van der Waals surface area (Å²) in [4.78, 5) is 11.2. The van der Waals surface area contributed by atoms with Crippen molar-refractivity contribution in [3.63, 3.8) is 0 Å². The maximum atomic E-state index is 13.1. The van der Waals surface area contributed by atoms with Crippen molar-refractivity contribution in [2.45, 2.75) is 30.3 Å². The number of nitrogens with two attached hydrogens (primary N) is 1. The fraction of sp³-hybridized carbons (Fsp3) is 0.235. The third kappa shape index (κ3) is 4.08. The molecular formula is C17H17FN4O2S. The van der Waals surface area contributed by atoms with E-state index < -0.39 is 5.91 Å². The fourth-order valence-corrected chi connectivity index (χ4v) is 3.35. The maximum absolute atomic E-state index is 13.1. The molecule has 3 aromatic rings. The molecular weight excluding hydrogens is 343 g/mol. The number of halogens is 1. The molecule has 0 saturated heterocycles. The van der Waals surface area contributed by atoms with E-state index in [4.69, 9.17) is 10.2 Å². The summed E-state index contributed by atoms with van der Waals surface area (Å²) < 4.78 is 20.3. The van der Waals surface area contributed by atoms with Crippen LogP contribution in [0.4, 0.5) is 4.39 Å². The molecule has 0 saturated carbocycles. The number of amides is 1. The lowest BCUT2D eigenvalue weighted by Gasteiger charge is -2.13. The summed E-state index contributed by atoms with van der Waals surface area (Å²) in [7, 11) is 0. The van der Waals surface area contributed by atoms with Crippen LogP contribution in [0.5, 0.6) is 0 Å². The number of aromatic nitrogens is 3. The maximum Gasteiger partial charge on any atom is 0.219 e. The van der Waals surface area contributed by atoms with E-state index in [1.54, 1.807) is 30.5 Å². The molecule has 0 aliphatic rings. The quantitative estimate of drug-likeness (QED) is 0.653. The van der Waals surface area contributed by atoms with E-state index in [0.29, 0.717) is 23.3 Å². The molecule has 0 aliphatic heterocycles. The van der Waals surface area contributed by atoms with Gasteiger partial charge < -0.3 is 10.2 Å². The lowest BCUT2D eigenvalue weighted by Crippen LogP contribution is -2.15. The summed E-state index contributed by atoms with van der Waals surface area (Å²) in [6, 6.07) is 9.88. The first-order valence-corrected chi connectivity index (χ1v) is 8.60. The molecule has 1 amide bonds. The van der Waals surface area contributed by atoms with Gasteiger partial charge in [0.15, 0.2) is 16.7 Å². The molecule has 1 atom stereocenters. The van der Waals surface area contributed by atoms with Crippen LogP contribution in [0.15, 0.2) is 52.2 Å². The van der Waals surface area contributed by atoms with Crippen molar-refractivity contribution in [3.8, 4) is 11.6 Å². The van der Waals surface area contributed by atoms with E-state index >= 15 is 0 Å². The number of hydrogen-bond donors (Lipinski definition) is 1. The number of carbonyl (C=O) groups excluding carboxylic acids is 1. The van der Waals surface area contributed by atoms with Crippen molar-refractivity contribution >= 4 is 17.7 Å². The molecule has 2 heterocycles. The summed E-state index contributed by atoms with van der Waals surface area (Å²) in [5.74, 6) is 0.436. The second-order valence-corrected chi connectivity index (χ2v) is 6.77. The molecule has 2 aromatic heterocycles. The van der Waals surface area contributed by atoms with Gasteiger partial charge in [0.25, 0.3) is 0 Å². The molecule has 0 radical (unpaired) electrons. The Morgan fingerprint density at radius 3 is 2.72 bits per heavy atom. The van der Waals surface area contributed by atoms with Crippen molar-refractivity contribution in [1.82, 2.24) is 14.8 Å². The standard InChI is InChI=1S/C17H17FN4O2S/c1-11(12-4-6-13(18)7-5-12)25-17-21-20-16(14-3-2-10-24-14)22(17)9-8-15(19)23/h2-7,10-11H,8-9H2,1H3,(H2,19,23). The van der Waals surface area contributed by atoms with Crippen LogP contribution < -0.4 is 5.73 Å². The van der Waals surface area contributed by atoms with Gasteiger partial charge in [-0.1, -0.05) is 23.9 Å². The molecule has 0 fully saturated rings. The van der Waals surface area contributed by atoms with Crippen LogP contribution >= 0.6 is 11.8 Å². The Kier molecular flexibility index (Phi) is 5.18. The Bertz CT molecular complexity index is 846. The normalized spacial score (nSPS) is 12.2. The highest BCUT2D eigenvalue weighted by Crippen LogP contribution is 2.35. The predicted molar refractivity (Wildman–Crippen MR) is 92.2 cm³/mol. The first kappa shape index (κ1) is 17.2. The number of primary amides is 1. The van der Waals surface area contributed by atoms with Gasteiger partial charge in [0.1, 0.15) is 5.82 Å². The van der Waals surface area contributed by atoms with Crippen LogP contribution in [-0.4, -0.2) is 20.7 Å². The lowest BCUT2D eigenvalue weighted by atomic mass is 10.2. The van der Waals surface area contributed by atoms with Crippen molar-refractivity contribution in [3.05, 3.63) is 54.0 Å². The number of benzene rings is 1. The monoisotopic (exact) mass is 360 g/mol. The van der Waals surface area contributed by atoms with Crippen molar-refractivity contribution in [2.75, 3.05) is 0 Å². The minimum Gasteiger partial charge on any atom is -0.461 e. The van der Waals surface area contributed by atoms with Crippen LogP contribution in [0, 0.1) is 5.82 Å². The Labute approximate surface area is 148 Å². The summed E-state index contributed by atoms with van der Waals surface area (Å²) >= 11 is 1.47. The van der Waals surface area contributed by atoms with Crippen molar-refractivity contribution in [1.29, 1.82) is 0 Å². The predicted octanol–water partition coefficient (Wildman–Crippen LogP) is 3.41. The minimum absolute atomic E-state index is 0.0292.